The number of hydrogen-bond acceptors (Lipinski definition) is 5. The van der Waals surface area contributed by atoms with Crippen molar-refractivity contribution < 1.29 is 22.7 Å². The molecule has 11 heteroatoms. The average molecular weight is 759 g/mol. The van der Waals surface area contributed by atoms with Gasteiger partial charge in [0.25, 0.3) is 10.0 Å². The topological polar surface area (TPSA) is 96.0 Å². The standard InChI is InChI=1S/C41H41Cl2N3O5S/c1-4-30(3)44-41(48)39(26-31-11-7-5-8-12-31)45(27-32-17-24-37(42)38(43)25-32)40(47)28-46(52(49,50)36-22-15-29(2)16-23-36)33-18-20-35(21-19-33)51-34-13-9-6-10-14-34/h5-25,30,39H,4,26-28H2,1-3H3,(H,44,48)/t30-,39+/m0/s1. The zero-order chi connectivity index (χ0) is 37.3. The summed E-state index contributed by atoms with van der Waals surface area (Å²) in [5, 5.41) is 3.67. The molecule has 5 rings (SSSR count). The number of benzene rings is 5. The van der Waals surface area contributed by atoms with Crippen LogP contribution in [0.4, 0.5) is 5.69 Å². The van der Waals surface area contributed by atoms with Crippen LogP contribution in [0.1, 0.15) is 37.0 Å². The summed E-state index contributed by atoms with van der Waals surface area (Å²) in [6.45, 7) is 5.08. The van der Waals surface area contributed by atoms with Crippen molar-refractivity contribution in [2.24, 2.45) is 0 Å². The van der Waals surface area contributed by atoms with Gasteiger partial charge in [0.2, 0.25) is 11.8 Å². The van der Waals surface area contributed by atoms with Gasteiger partial charge in [-0.05, 0) is 92.1 Å². The van der Waals surface area contributed by atoms with Crippen molar-refractivity contribution in [1.82, 2.24) is 10.2 Å². The van der Waals surface area contributed by atoms with Gasteiger partial charge in [-0.3, -0.25) is 13.9 Å². The molecule has 0 aliphatic rings. The summed E-state index contributed by atoms with van der Waals surface area (Å²) in [5.41, 5.74) is 2.57. The van der Waals surface area contributed by atoms with Gasteiger partial charge in [0.15, 0.2) is 0 Å². The molecule has 8 nitrogen and oxygen atoms in total. The van der Waals surface area contributed by atoms with Gasteiger partial charge in [-0.2, -0.15) is 0 Å². The SMILES string of the molecule is CC[C@H](C)NC(=O)[C@@H](Cc1ccccc1)N(Cc1ccc(Cl)c(Cl)c1)C(=O)CN(c1ccc(Oc2ccccc2)cc1)S(=O)(=O)c1ccc(C)cc1. The predicted molar refractivity (Wildman–Crippen MR) is 208 cm³/mol. The summed E-state index contributed by atoms with van der Waals surface area (Å²) in [4.78, 5) is 30.3. The van der Waals surface area contributed by atoms with Gasteiger partial charge in [0, 0.05) is 19.0 Å². The number of para-hydroxylation sites is 1. The van der Waals surface area contributed by atoms with Gasteiger partial charge in [0.05, 0.1) is 20.6 Å². The summed E-state index contributed by atoms with van der Waals surface area (Å²) in [6, 6.07) is 35.3. The molecule has 52 heavy (non-hydrogen) atoms. The van der Waals surface area contributed by atoms with Gasteiger partial charge < -0.3 is 15.0 Å². The Balaban J connectivity index is 1.57. The van der Waals surface area contributed by atoms with Gasteiger partial charge in [-0.15, -0.1) is 0 Å². The van der Waals surface area contributed by atoms with Crippen molar-refractivity contribution in [3.8, 4) is 11.5 Å². The van der Waals surface area contributed by atoms with Crippen molar-refractivity contribution >= 4 is 50.7 Å². The molecule has 270 valence electrons. The molecule has 0 aromatic heterocycles. The highest BCUT2D eigenvalue weighted by Gasteiger charge is 2.35. The molecule has 0 fully saturated rings. The minimum Gasteiger partial charge on any atom is -0.457 e. The molecule has 0 saturated carbocycles. The maximum Gasteiger partial charge on any atom is 0.264 e. The summed E-state index contributed by atoms with van der Waals surface area (Å²) < 4.78 is 35.8. The van der Waals surface area contributed by atoms with Crippen LogP contribution in [-0.4, -0.2) is 43.8 Å². The number of halogens is 2. The summed E-state index contributed by atoms with van der Waals surface area (Å²) in [6.07, 6.45) is 0.865. The number of aryl methyl sites for hydroxylation is 1. The predicted octanol–water partition coefficient (Wildman–Crippen LogP) is 8.84. The Morgan fingerprint density at radius 2 is 1.38 bits per heavy atom. The molecular formula is C41H41Cl2N3O5S. The van der Waals surface area contributed by atoms with Gasteiger partial charge >= 0.3 is 0 Å². The molecule has 0 radical (unpaired) electrons. The normalized spacial score (nSPS) is 12.4. The second kappa shape index (κ2) is 17.6. The number of carbonyl (C=O) groups is 2. The van der Waals surface area contributed by atoms with Crippen LogP contribution in [0.2, 0.25) is 10.0 Å². The number of anilines is 1. The molecule has 0 unspecified atom stereocenters. The first-order chi connectivity index (χ1) is 24.9. The summed E-state index contributed by atoms with van der Waals surface area (Å²) >= 11 is 12.6. The van der Waals surface area contributed by atoms with Crippen LogP contribution < -0.4 is 14.4 Å². The largest absolute Gasteiger partial charge is 0.457 e. The third-order valence-corrected chi connectivity index (χ3v) is 11.1. The molecule has 0 saturated heterocycles. The van der Waals surface area contributed by atoms with E-state index >= 15 is 0 Å². The van der Waals surface area contributed by atoms with Crippen molar-refractivity contribution in [1.29, 1.82) is 0 Å². The van der Waals surface area contributed by atoms with Gasteiger partial charge in [-0.25, -0.2) is 8.42 Å². The number of amides is 2. The van der Waals surface area contributed by atoms with Crippen LogP contribution in [0.15, 0.2) is 132 Å². The lowest BCUT2D eigenvalue weighted by atomic mass is 10.0. The Bertz CT molecular complexity index is 2060. The highest BCUT2D eigenvalue weighted by molar-refractivity contribution is 7.92. The van der Waals surface area contributed by atoms with E-state index in [1.807, 2.05) is 81.4 Å². The Morgan fingerprint density at radius 3 is 2.00 bits per heavy atom. The first-order valence-electron chi connectivity index (χ1n) is 16.9. The third-order valence-electron chi connectivity index (χ3n) is 8.60. The number of nitrogens with zero attached hydrogens (tertiary/aromatic N) is 2. The molecule has 2 amide bonds. The van der Waals surface area contributed by atoms with E-state index < -0.39 is 28.5 Å². The molecule has 0 aliphatic carbocycles. The van der Waals surface area contributed by atoms with E-state index in [1.54, 1.807) is 54.6 Å². The van der Waals surface area contributed by atoms with Gasteiger partial charge in [-0.1, -0.05) is 102 Å². The van der Waals surface area contributed by atoms with E-state index in [1.165, 1.54) is 17.0 Å². The van der Waals surface area contributed by atoms with Crippen LogP contribution in [-0.2, 0) is 32.6 Å². The summed E-state index contributed by atoms with van der Waals surface area (Å²) in [7, 11) is -4.28. The van der Waals surface area contributed by atoms with Crippen molar-refractivity contribution in [2.75, 3.05) is 10.8 Å². The van der Waals surface area contributed by atoms with E-state index in [4.69, 9.17) is 27.9 Å². The zero-order valence-corrected chi connectivity index (χ0v) is 31.5. The number of carbonyl (C=O) groups excluding carboxylic acids is 2. The second-order valence-corrected chi connectivity index (χ2v) is 15.2. The molecular weight excluding hydrogens is 717 g/mol. The number of ether oxygens (including phenoxy) is 1. The second-order valence-electron chi connectivity index (χ2n) is 12.5. The van der Waals surface area contributed by atoms with E-state index in [9.17, 15) is 18.0 Å². The highest BCUT2D eigenvalue weighted by Crippen LogP contribution is 2.30. The molecule has 5 aromatic rings. The molecule has 0 spiro atoms. The van der Waals surface area contributed by atoms with Crippen LogP contribution in [0.3, 0.4) is 0 Å². The Labute approximate surface area is 316 Å². The lowest BCUT2D eigenvalue weighted by Gasteiger charge is -2.34. The summed E-state index contributed by atoms with van der Waals surface area (Å²) in [5.74, 6) is 0.154. The highest BCUT2D eigenvalue weighted by atomic mass is 35.5. The van der Waals surface area contributed by atoms with Gasteiger partial charge in [0.1, 0.15) is 24.1 Å². The van der Waals surface area contributed by atoms with Crippen LogP contribution in [0.5, 0.6) is 11.5 Å². The van der Waals surface area contributed by atoms with E-state index in [-0.39, 0.29) is 40.5 Å². The number of rotatable bonds is 15. The Hall–Kier alpha value is -4.83. The van der Waals surface area contributed by atoms with E-state index in [2.05, 4.69) is 5.32 Å². The van der Waals surface area contributed by atoms with Crippen molar-refractivity contribution in [2.45, 2.75) is 57.1 Å². The molecule has 0 heterocycles. The maximum atomic E-state index is 14.8. The molecule has 0 bridgehead atoms. The minimum absolute atomic E-state index is 0.0156. The lowest BCUT2D eigenvalue weighted by Crippen LogP contribution is -2.54. The van der Waals surface area contributed by atoms with E-state index in [0.717, 1.165) is 15.4 Å². The molecule has 5 aromatic carbocycles. The fourth-order valence-electron chi connectivity index (χ4n) is 5.50. The quantitative estimate of drug-likeness (QED) is 0.115. The Morgan fingerprint density at radius 1 is 0.769 bits per heavy atom. The van der Waals surface area contributed by atoms with Crippen LogP contribution in [0, 0.1) is 6.92 Å². The van der Waals surface area contributed by atoms with Crippen LogP contribution in [0.25, 0.3) is 0 Å². The van der Waals surface area contributed by atoms with Crippen LogP contribution >= 0.6 is 23.2 Å². The average Bonchev–Trinajstić information content (AvgIpc) is 3.14. The smallest absolute Gasteiger partial charge is 0.264 e. The maximum absolute atomic E-state index is 14.8. The fourth-order valence-corrected chi connectivity index (χ4v) is 7.24. The fraction of sp³-hybridized carbons (Fsp3) is 0.220. The first-order valence-corrected chi connectivity index (χ1v) is 19.1. The monoisotopic (exact) mass is 757 g/mol. The number of sulfonamides is 1. The van der Waals surface area contributed by atoms with E-state index in [0.29, 0.717) is 28.5 Å². The minimum atomic E-state index is -4.28. The molecule has 2 atom stereocenters. The van der Waals surface area contributed by atoms with Crippen molar-refractivity contribution in [3.63, 3.8) is 0 Å². The van der Waals surface area contributed by atoms with Crippen molar-refractivity contribution in [3.05, 3.63) is 154 Å². The number of hydrogen-bond donors (Lipinski definition) is 1. The molecule has 0 aliphatic heterocycles. The third kappa shape index (κ3) is 9.94. The molecule has 1 N–H and O–H groups in total. The first kappa shape index (κ1) is 38.4. The number of nitrogens with one attached hydrogen (secondary N) is 1. The lowest BCUT2D eigenvalue weighted by molar-refractivity contribution is -0.140. The Kier molecular flexibility index (Phi) is 13.0. The zero-order valence-electron chi connectivity index (χ0n) is 29.2.